The zero-order valence-corrected chi connectivity index (χ0v) is 14.2. The van der Waals surface area contributed by atoms with Crippen LogP contribution >= 0.6 is 11.8 Å². The summed E-state index contributed by atoms with van der Waals surface area (Å²) in [6.45, 7) is 2.07. The monoisotopic (exact) mass is 337 g/mol. The first-order valence-corrected chi connectivity index (χ1v) is 9.10. The van der Waals surface area contributed by atoms with Gasteiger partial charge in [-0.25, -0.2) is 0 Å². The van der Waals surface area contributed by atoms with Crippen molar-refractivity contribution in [3.05, 3.63) is 23.8 Å². The standard InChI is InChI=1S/C17H23NO4S/c1-17(20,12-6-7-14-15(8-12)22-11-21-14)10-18-16(19)9-23-13-4-2-3-5-13/h6-8,13,20H,2-5,9-11H2,1H3,(H,18,19)/t17-/m1/s1. The molecule has 1 aliphatic carbocycles. The zero-order chi connectivity index (χ0) is 16.3. The van der Waals surface area contributed by atoms with E-state index in [9.17, 15) is 9.90 Å². The Morgan fingerprint density at radius 3 is 2.87 bits per heavy atom. The summed E-state index contributed by atoms with van der Waals surface area (Å²) in [7, 11) is 0. The van der Waals surface area contributed by atoms with Crippen molar-refractivity contribution in [3.8, 4) is 11.5 Å². The molecule has 0 spiro atoms. The Balaban J connectivity index is 1.50. The lowest BCUT2D eigenvalue weighted by molar-refractivity contribution is -0.119. The second-order valence-electron chi connectivity index (χ2n) is 6.34. The lowest BCUT2D eigenvalue weighted by Crippen LogP contribution is -2.39. The van der Waals surface area contributed by atoms with Crippen LogP contribution in [0.2, 0.25) is 0 Å². The highest BCUT2D eigenvalue weighted by Gasteiger charge is 2.27. The average molecular weight is 337 g/mol. The predicted octanol–water partition coefficient (Wildman–Crippen LogP) is 2.41. The largest absolute Gasteiger partial charge is 0.454 e. The average Bonchev–Trinajstić information content (AvgIpc) is 3.21. The van der Waals surface area contributed by atoms with Gasteiger partial charge in [-0.2, -0.15) is 0 Å². The minimum Gasteiger partial charge on any atom is -0.454 e. The van der Waals surface area contributed by atoms with Gasteiger partial charge in [-0.15, -0.1) is 11.8 Å². The highest BCUT2D eigenvalue weighted by Crippen LogP contribution is 2.35. The molecule has 0 unspecified atom stereocenters. The zero-order valence-electron chi connectivity index (χ0n) is 13.3. The Kier molecular flexibility index (Phi) is 5.02. The van der Waals surface area contributed by atoms with Gasteiger partial charge in [0, 0.05) is 5.25 Å². The summed E-state index contributed by atoms with van der Waals surface area (Å²) in [5, 5.41) is 14.1. The fourth-order valence-corrected chi connectivity index (χ4v) is 4.06. The number of fused-ring (bicyclic) bond motifs is 1. The van der Waals surface area contributed by atoms with Crippen LogP contribution in [-0.2, 0) is 10.4 Å². The van der Waals surface area contributed by atoms with E-state index in [0.29, 0.717) is 28.1 Å². The number of benzene rings is 1. The molecule has 6 heteroatoms. The number of amides is 1. The molecule has 1 aliphatic heterocycles. The van der Waals surface area contributed by atoms with Crippen molar-refractivity contribution in [1.29, 1.82) is 0 Å². The summed E-state index contributed by atoms with van der Waals surface area (Å²) >= 11 is 1.72. The number of carbonyl (C=O) groups is 1. The molecular weight excluding hydrogens is 314 g/mol. The Hall–Kier alpha value is -1.40. The first-order valence-electron chi connectivity index (χ1n) is 8.05. The van der Waals surface area contributed by atoms with E-state index in [1.807, 2.05) is 0 Å². The molecule has 2 N–H and O–H groups in total. The van der Waals surface area contributed by atoms with Crippen LogP contribution in [0.3, 0.4) is 0 Å². The fraction of sp³-hybridized carbons (Fsp3) is 0.588. The molecule has 1 aromatic rings. The first-order chi connectivity index (χ1) is 11.0. The molecule has 0 radical (unpaired) electrons. The highest BCUT2D eigenvalue weighted by atomic mass is 32.2. The van der Waals surface area contributed by atoms with Crippen molar-refractivity contribution in [2.75, 3.05) is 19.1 Å². The number of thioether (sulfide) groups is 1. The van der Waals surface area contributed by atoms with Crippen LogP contribution in [0.5, 0.6) is 11.5 Å². The van der Waals surface area contributed by atoms with Gasteiger partial charge in [0.2, 0.25) is 12.7 Å². The molecule has 1 saturated carbocycles. The molecule has 23 heavy (non-hydrogen) atoms. The molecule has 3 rings (SSSR count). The van der Waals surface area contributed by atoms with Gasteiger partial charge < -0.3 is 19.9 Å². The Morgan fingerprint density at radius 2 is 2.09 bits per heavy atom. The maximum absolute atomic E-state index is 12.0. The summed E-state index contributed by atoms with van der Waals surface area (Å²) in [6, 6.07) is 5.35. The molecule has 2 aliphatic rings. The number of rotatable bonds is 6. The van der Waals surface area contributed by atoms with Crippen molar-refractivity contribution in [1.82, 2.24) is 5.32 Å². The normalized spacial score (nSPS) is 19.6. The maximum atomic E-state index is 12.0. The van der Waals surface area contributed by atoms with Gasteiger partial charge >= 0.3 is 0 Å². The van der Waals surface area contributed by atoms with Gasteiger partial charge in [-0.1, -0.05) is 18.9 Å². The minimum absolute atomic E-state index is 0.0251. The van der Waals surface area contributed by atoms with Crippen LogP contribution in [-0.4, -0.2) is 35.4 Å². The topological polar surface area (TPSA) is 67.8 Å². The molecule has 0 aromatic heterocycles. The summed E-state index contributed by atoms with van der Waals surface area (Å²) in [4.78, 5) is 12.0. The molecular formula is C17H23NO4S. The second kappa shape index (κ2) is 7.01. The SMILES string of the molecule is C[C@@](O)(CNC(=O)CSC1CCCC1)c1ccc2c(c1)OCO2. The van der Waals surface area contributed by atoms with Crippen molar-refractivity contribution in [3.63, 3.8) is 0 Å². The predicted molar refractivity (Wildman–Crippen MR) is 89.9 cm³/mol. The molecule has 0 saturated heterocycles. The van der Waals surface area contributed by atoms with Crippen LogP contribution in [0.1, 0.15) is 38.2 Å². The number of aliphatic hydroxyl groups is 1. The maximum Gasteiger partial charge on any atom is 0.231 e. The number of hydrogen-bond donors (Lipinski definition) is 2. The third-order valence-electron chi connectivity index (χ3n) is 4.38. The van der Waals surface area contributed by atoms with Gasteiger partial charge in [0.15, 0.2) is 11.5 Å². The van der Waals surface area contributed by atoms with E-state index < -0.39 is 5.60 Å². The quantitative estimate of drug-likeness (QED) is 0.834. The molecule has 1 amide bonds. The molecule has 1 aromatic carbocycles. The van der Waals surface area contributed by atoms with Crippen LogP contribution < -0.4 is 14.8 Å². The van der Waals surface area contributed by atoms with E-state index in [1.54, 1.807) is 36.9 Å². The van der Waals surface area contributed by atoms with E-state index in [1.165, 1.54) is 25.7 Å². The van der Waals surface area contributed by atoms with Crippen LogP contribution in [0, 0.1) is 0 Å². The summed E-state index contributed by atoms with van der Waals surface area (Å²) < 4.78 is 10.6. The van der Waals surface area contributed by atoms with E-state index in [2.05, 4.69) is 5.32 Å². The third-order valence-corrected chi connectivity index (χ3v) is 5.75. The van der Waals surface area contributed by atoms with E-state index in [4.69, 9.17) is 9.47 Å². The summed E-state index contributed by atoms with van der Waals surface area (Å²) in [6.07, 6.45) is 4.98. The van der Waals surface area contributed by atoms with Gasteiger partial charge in [-0.3, -0.25) is 4.79 Å². The van der Waals surface area contributed by atoms with Crippen molar-refractivity contribution in [2.24, 2.45) is 0 Å². The molecule has 0 bridgehead atoms. The third kappa shape index (κ3) is 4.12. The van der Waals surface area contributed by atoms with E-state index >= 15 is 0 Å². The van der Waals surface area contributed by atoms with E-state index in [-0.39, 0.29) is 19.2 Å². The van der Waals surface area contributed by atoms with Crippen molar-refractivity contribution >= 4 is 17.7 Å². The Morgan fingerprint density at radius 1 is 1.35 bits per heavy atom. The molecule has 1 fully saturated rings. The van der Waals surface area contributed by atoms with Gasteiger partial charge in [0.05, 0.1) is 12.3 Å². The van der Waals surface area contributed by atoms with Crippen LogP contribution in [0.4, 0.5) is 0 Å². The highest BCUT2D eigenvalue weighted by molar-refractivity contribution is 8.00. The molecule has 5 nitrogen and oxygen atoms in total. The molecule has 1 atom stereocenters. The number of nitrogens with one attached hydrogen (secondary N) is 1. The Bertz CT molecular complexity index is 570. The van der Waals surface area contributed by atoms with Gasteiger partial charge in [-0.05, 0) is 37.5 Å². The fourth-order valence-electron chi connectivity index (χ4n) is 2.90. The number of hydrogen-bond acceptors (Lipinski definition) is 5. The van der Waals surface area contributed by atoms with Gasteiger partial charge in [0.25, 0.3) is 0 Å². The van der Waals surface area contributed by atoms with Crippen LogP contribution in [0.25, 0.3) is 0 Å². The lowest BCUT2D eigenvalue weighted by Gasteiger charge is -2.24. The summed E-state index contributed by atoms with van der Waals surface area (Å²) in [5.74, 6) is 1.75. The lowest BCUT2D eigenvalue weighted by atomic mass is 9.95. The van der Waals surface area contributed by atoms with Crippen molar-refractivity contribution < 1.29 is 19.4 Å². The van der Waals surface area contributed by atoms with E-state index in [0.717, 1.165) is 0 Å². The number of ether oxygens (including phenoxy) is 2. The van der Waals surface area contributed by atoms with Crippen molar-refractivity contribution in [2.45, 2.75) is 43.5 Å². The number of carbonyl (C=O) groups excluding carboxylic acids is 1. The minimum atomic E-state index is -1.14. The summed E-state index contributed by atoms with van der Waals surface area (Å²) in [5.41, 5.74) is -0.445. The first kappa shape index (κ1) is 16.5. The smallest absolute Gasteiger partial charge is 0.231 e. The van der Waals surface area contributed by atoms with Gasteiger partial charge in [0.1, 0.15) is 5.60 Å². The Labute approximate surface area is 140 Å². The van der Waals surface area contributed by atoms with Crippen LogP contribution in [0.15, 0.2) is 18.2 Å². The molecule has 126 valence electrons. The second-order valence-corrected chi connectivity index (χ2v) is 7.62. The molecule has 1 heterocycles.